The maximum absolute atomic E-state index is 12.8. The third-order valence-electron chi connectivity index (χ3n) is 5.42. The molecule has 1 fully saturated rings. The number of rotatable bonds is 7. The highest BCUT2D eigenvalue weighted by Gasteiger charge is 2.17. The van der Waals surface area contributed by atoms with E-state index in [9.17, 15) is 9.59 Å². The zero-order valence-electron chi connectivity index (χ0n) is 17.8. The van der Waals surface area contributed by atoms with Gasteiger partial charge in [0, 0.05) is 36.2 Å². The lowest BCUT2D eigenvalue weighted by Gasteiger charge is -2.12. The summed E-state index contributed by atoms with van der Waals surface area (Å²) in [5.41, 5.74) is 2.62. The predicted octanol–water partition coefficient (Wildman–Crippen LogP) is 5.61. The number of ether oxygens (including phenoxy) is 1. The zero-order valence-corrected chi connectivity index (χ0v) is 19.3. The number of anilines is 1. The lowest BCUT2D eigenvalue weighted by molar-refractivity contribution is 0.0906. The first-order valence-corrected chi connectivity index (χ1v) is 11.5. The number of carbonyl (C=O) groups excluding carboxylic acids is 2. The monoisotopic (exact) mass is 483 g/mol. The van der Waals surface area contributed by atoms with Gasteiger partial charge < -0.3 is 15.4 Å². The quantitative estimate of drug-likeness (QED) is 0.457. The molecule has 33 heavy (non-hydrogen) atoms. The van der Waals surface area contributed by atoms with Crippen molar-refractivity contribution >= 4 is 40.7 Å². The van der Waals surface area contributed by atoms with Crippen LogP contribution in [0.25, 0.3) is 11.3 Å². The number of halogens is 2. The van der Waals surface area contributed by atoms with Crippen molar-refractivity contribution < 1.29 is 14.3 Å². The summed E-state index contributed by atoms with van der Waals surface area (Å²) in [6, 6.07) is 15.3. The van der Waals surface area contributed by atoms with Crippen molar-refractivity contribution in [2.75, 3.05) is 18.5 Å². The molecule has 2 N–H and O–H groups in total. The molecule has 2 heterocycles. The van der Waals surface area contributed by atoms with Crippen LogP contribution in [-0.2, 0) is 4.74 Å². The minimum Gasteiger partial charge on any atom is -0.378 e. The Morgan fingerprint density at radius 3 is 2.64 bits per heavy atom. The Morgan fingerprint density at radius 2 is 1.91 bits per heavy atom. The Kier molecular flexibility index (Phi) is 7.60. The van der Waals surface area contributed by atoms with Gasteiger partial charge in [-0.1, -0.05) is 29.3 Å². The van der Waals surface area contributed by atoms with Crippen LogP contribution in [0.3, 0.4) is 0 Å². The fourth-order valence-corrected chi connectivity index (χ4v) is 4.16. The normalized spacial score (nSPS) is 15.3. The highest BCUT2D eigenvalue weighted by atomic mass is 35.5. The summed E-state index contributed by atoms with van der Waals surface area (Å²) in [5.74, 6) is -0.626. The maximum Gasteiger partial charge on any atom is 0.257 e. The van der Waals surface area contributed by atoms with Crippen molar-refractivity contribution in [2.45, 2.75) is 25.4 Å². The van der Waals surface area contributed by atoms with Crippen LogP contribution in [0.2, 0.25) is 10.0 Å². The van der Waals surface area contributed by atoms with Gasteiger partial charge in [0.25, 0.3) is 11.8 Å². The molecule has 2 amide bonds. The summed E-state index contributed by atoms with van der Waals surface area (Å²) in [5, 5.41) is 6.42. The minimum absolute atomic E-state index is 0.193. The topological polar surface area (TPSA) is 80.3 Å². The van der Waals surface area contributed by atoms with Crippen molar-refractivity contribution in [3.8, 4) is 11.3 Å². The van der Waals surface area contributed by atoms with Gasteiger partial charge in [-0.3, -0.25) is 14.6 Å². The molecule has 0 aliphatic carbocycles. The molecule has 1 atom stereocenters. The van der Waals surface area contributed by atoms with Crippen LogP contribution in [0.15, 0.2) is 60.8 Å². The lowest BCUT2D eigenvalue weighted by atomic mass is 10.1. The number of hydrogen-bond donors (Lipinski definition) is 2. The van der Waals surface area contributed by atoms with E-state index in [0.717, 1.165) is 25.9 Å². The summed E-state index contributed by atoms with van der Waals surface area (Å²) in [4.78, 5) is 29.5. The molecule has 1 aliphatic heterocycles. The van der Waals surface area contributed by atoms with Gasteiger partial charge in [-0.2, -0.15) is 0 Å². The van der Waals surface area contributed by atoms with Crippen molar-refractivity contribution in [3.63, 3.8) is 0 Å². The van der Waals surface area contributed by atoms with Crippen LogP contribution in [0.4, 0.5) is 5.69 Å². The largest absolute Gasteiger partial charge is 0.378 e. The summed E-state index contributed by atoms with van der Waals surface area (Å²) < 4.78 is 5.56. The first-order valence-electron chi connectivity index (χ1n) is 10.7. The molecule has 0 radical (unpaired) electrons. The standard InChI is InChI=1S/C25H23Cl2N3O3/c26-21-9-7-17(15-20(21)23-5-1-2-11-28-23)30-25(32)19-8-6-16(14-22(19)27)24(31)29-12-10-18-4-3-13-33-18/h1-2,5-9,11,14-15,18H,3-4,10,12-13H2,(H,29,31)(H,30,32)/t18-/m0/s1. The minimum atomic E-state index is -0.389. The molecule has 0 spiro atoms. The van der Waals surface area contributed by atoms with E-state index in [1.54, 1.807) is 36.5 Å². The van der Waals surface area contributed by atoms with Gasteiger partial charge in [-0.05, 0) is 67.8 Å². The van der Waals surface area contributed by atoms with E-state index in [1.165, 1.54) is 6.07 Å². The van der Waals surface area contributed by atoms with E-state index >= 15 is 0 Å². The van der Waals surface area contributed by atoms with Gasteiger partial charge >= 0.3 is 0 Å². The van der Waals surface area contributed by atoms with E-state index in [4.69, 9.17) is 27.9 Å². The predicted molar refractivity (Wildman–Crippen MR) is 130 cm³/mol. The van der Waals surface area contributed by atoms with Gasteiger partial charge in [0.2, 0.25) is 0 Å². The molecule has 0 unspecified atom stereocenters. The second kappa shape index (κ2) is 10.8. The molecule has 1 saturated heterocycles. The second-order valence-electron chi connectivity index (χ2n) is 7.74. The molecule has 3 aromatic rings. The average molecular weight is 484 g/mol. The molecule has 2 aromatic carbocycles. The number of carbonyl (C=O) groups is 2. The Bertz CT molecular complexity index is 1150. The number of nitrogens with one attached hydrogen (secondary N) is 2. The fourth-order valence-electron chi connectivity index (χ4n) is 3.68. The third kappa shape index (κ3) is 5.90. The molecule has 4 rings (SSSR count). The van der Waals surface area contributed by atoms with Gasteiger partial charge in [0.1, 0.15) is 0 Å². The molecule has 6 nitrogen and oxygen atoms in total. The van der Waals surface area contributed by atoms with Crippen LogP contribution < -0.4 is 10.6 Å². The van der Waals surface area contributed by atoms with E-state index in [1.807, 2.05) is 18.2 Å². The Balaban J connectivity index is 1.41. The zero-order chi connectivity index (χ0) is 23.2. The lowest BCUT2D eigenvalue weighted by Crippen LogP contribution is -2.27. The number of pyridine rings is 1. The molecular weight excluding hydrogens is 461 g/mol. The number of aromatic nitrogens is 1. The Morgan fingerprint density at radius 1 is 1.03 bits per heavy atom. The number of nitrogens with zero attached hydrogens (tertiary/aromatic N) is 1. The first-order chi connectivity index (χ1) is 16.0. The first kappa shape index (κ1) is 23.2. The molecule has 0 saturated carbocycles. The highest BCUT2D eigenvalue weighted by molar-refractivity contribution is 6.35. The average Bonchev–Trinajstić information content (AvgIpc) is 3.34. The van der Waals surface area contributed by atoms with E-state index in [2.05, 4.69) is 15.6 Å². The van der Waals surface area contributed by atoms with E-state index in [0.29, 0.717) is 34.1 Å². The van der Waals surface area contributed by atoms with E-state index < -0.39 is 0 Å². The van der Waals surface area contributed by atoms with Crippen molar-refractivity contribution in [2.24, 2.45) is 0 Å². The van der Waals surface area contributed by atoms with Gasteiger partial charge in [0.05, 0.1) is 27.4 Å². The van der Waals surface area contributed by atoms with Gasteiger partial charge in [0.15, 0.2) is 0 Å². The molecular formula is C25H23Cl2N3O3. The second-order valence-corrected chi connectivity index (χ2v) is 8.55. The van der Waals surface area contributed by atoms with Crippen molar-refractivity contribution in [3.05, 3.63) is 82.0 Å². The summed E-state index contributed by atoms with van der Waals surface area (Å²) in [7, 11) is 0. The van der Waals surface area contributed by atoms with Crippen LogP contribution in [0, 0.1) is 0 Å². The van der Waals surface area contributed by atoms with Gasteiger partial charge in [-0.25, -0.2) is 0 Å². The van der Waals surface area contributed by atoms with E-state index in [-0.39, 0.29) is 28.5 Å². The fraction of sp³-hybridized carbons (Fsp3) is 0.240. The van der Waals surface area contributed by atoms with Gasteiger partial charge in [-0.15, -0.1) is 0 Å². The van der Waals surface area contributed by atoms with Crippen LogP contribution in [0.1, 0.15) is 40.0 Å². The van der Waals surface area contributed by atoms with Crippen LogP contribution in [-0.4, -0.2) is 36.1 Å². The Labute approximate surface area is 202 Å². The SMILES string of the molecule is O=C(NCC[C@@H]1CCCO1)c1ccc(C(=O)Nc2ccc(Cl)c(-c3ccccn3)c2)c(Cl)c1. The molecule has 170 valence electrons. The van der Waals surface area contributed by atoms with Crippen LogP contribution in [0.5, 0.6) is 0 Å². The molecule has 1 aliphatic rings. The summed E-state index contributed by atoms with van der Waals surface area (Å²) >= 11 is 12.6. The Hall–Kier alpha value is -2.93. The van der Waals surface area contributed by atoms with Crippen molar-refractivity contribution in [1.29, 1.82) is 0 Å². The van der Waals surface area contributed by atoms with Crippen LogP contribution >= 0.6 is 23.2 Å². The highest BCUT2D eigenvalue weighted by Crippen LogP contribution is 2.29. The molecule has 8 heteroatoms. The third-order valence-corrected chi connectivity index (χ3v) is 6.06. The number of hydrogen-bond acceptors (Lipinski definition) is 4. The molecule has 1 aromatic heterocycles. The maximum atomic E-state index is 12.8. The summed E-state index contributed by atoms with van der Waals surface area (Å²) in [6.07, 6.45) is 4.77. The molecule has 0 bridgehead atoms. The van der Waals surface area contributed by atoms with Crippen molar-refractivity contribution in [1.82, 2.24) is 10.3 Å². The number of benzene rings is 2. The number of amides is 2. The summed E-state index contributed by atoms with van der Waals surface area (Å²) in [6.45, 7) is 1.32. The smallest absolute Gasteiger partial charge is 0.257 e.